The number of rotatable bonds is 9. The average Bonchev–Trinajstić information content (AvgIpc) is 2.52. The monoisotopic (exact) mass is 300 g/mol. The van der Waals surface area contributed by atoms with Crippen molar-refractivity contribution in [1.82, 2.24) is 10.3 Å². The number of nitrogens with one attached hydrogen (secondary N) is 1. The van der Waals surface area contributed by atoms with Crippen LogP contribution in [-0.4, -0.2) is 24.2 Å². The Kier molecular flexibility index (Phi) is 6.71. The third-order valence-corrected chi connectivity index (χ3v) is 3.04. The fraction of sp³-hybridized carbons (Fsp3) is 0.389. The Bertz CT molecular complexity index is 544. The molecular weight excluding hydrogens is 276 g/mol. The quantitative estimate of drug-likeness (QED) is 0.721. The molecule has 22 heavy (non-hydrogen) atoms. The summed E-state index contributed by atoms with van der Waals surface area (Å²) in [7, 11) is 0. The normalized spacial score (nSPS) is 10.7. The molecule has 0 aliphatic rings. The van der Waals surface area contributed by atoms with Crippen LogP contribution >= 0.6 is 0 Å². The number of aromatic nitrogens is 1. The molecule has 0 saturated heterocycles. The van der Waals surface area contributed by atoms with Crippen LogP contribution in [0.2, 0.25) is 0 Å². The summed E-state index contributed by atoms with van der Waals surface area (Å²) in [5, 5.41) is 3.42. The lowest BCUT2D eigenvalue weighted by atomic mass is 10.2. The first kappa shape index (κ1) is 16.3. The molecule has 2 rings (SSSR count). The zero-order valence-electron chi connectivity index (χ0n) is 13.3. The highest BCUT2D eigenvalue weighted by atomic mass is 16.5. The Labute approximate surface area is 132 Å². The molecule has 0 unspecified atom stereocenters. The fourth-order valence-corrected chi connectivity index (χ4v) is 2.05. The van der Waals surface area contributed by atoms with Crippen molar-refractivity contribution in [3.8, 4) is 11.6 Å². The maximum Gasteiger partial charge on any atom is 0.213 e. The van der Waals surface area contributed by atoms with E-state index in [4.69, 9.17) is 9.47 Å². The average molecular weight is 300 g/mol. The van der Waals surface area contributed by atoms with Crippen molar-refractivity contribution in [2.24, 2.45) is 0 Å². The molecule has 0 amide bonds. The molecular formula is C18H24N2O2. The van der Waals surface area contributed by atoms with Gasteiger partial charge in [0, 0.05) is 24.4 Å². The van der Waals surface area contributed by atoms with E-state index in [2.05, 4.69) is 16.4 Å². The molecule has 0 atom stereocenters. The van der Waals surface area contributed by atoms with Gasteiger partial charge in [-0.1, -0.05) is 24.3 Å². The maximum atomic E-state index is 5.81. The van der Waals surface area contributed by atoms with Gasteiger partial charge in [0.2, 0.25) is 5.88 Å². The summed E-state index contributed by atoms with van der Waals surface area (Å²) in [6, 6.07) is 13.8. The van der Waals surface area contributed by atoms with Gasteiger partial charge in [-0.25, -0.2) is 4.98 Å². The van der Waals surface area contributed by atoms with Gasteiger partial charge in [0.05, 0.1) is 12.7 Å². The first-order chi connectivity index (χ1) is 10.8. The van der Waals surface area contributed by atoms with E-state index in [1.54, 1.807) is 6.20 Å². The van der Waals surface area contributed by atoms with E-state index in [0.717, 1.165) is 25.3 Å². The first-order valence-corrected chi connectivity index (χ1v) is 7.75. The van der Waals surface area contributed by atoms with Crippen molar-refractivity contribution >= 4 is 0 Å². The van der Waals surface area contributed by atoms with Crippen LogP contribution in [0.4, 0.5) is 0 Å². The topological polar surface area (TPSA) is 43.4 Å². The summed E-state index contributed by atoms with van der Waals surface area (Å²) < 4.78 is 11.4. The lowest BCUT2D eigenvalue weighted by Crippen LogP contribution is -2.18. The van der Waals surface area contributed by atoms with E-state index >= 15 is 0 Å². The van der Waals surface area contributed by atoms with E-state index in [-0.39, 0.29) is 6.10 Å². The predicted molar refractivity (Wildman–Crippen MR) is 88.3 cm³/mol. The molecule has 0 spiro atoms. The van der Waals surface area contributed by atoms with Gasteiger partial charge in [0.15, 0.2) is 0 Å². The van der Waals surface area contributed by atoms with Gasteiger partial charge < -0.3 is 14.8 Å². The molecule has 1 heterocycles. The highest BCUT2D eigenvalue weighted by Gasteiger charge is 2.04. The third kappa shape index (κ3) is 5.74. The van der Waals surface area contributed by atoms with Gasteiger partial charge in [-0.3, -0.25) is 0 Å². The van der Waals surface area contributed by atoms with Crippen molar-refractivity contribution in [3.63, 3.8) is 0 Å². The van der Waals surface area contributed by atoms with E-state index in [0.29, 0.717) is 12.5 Å². The lowest BCUT2D eigenvalue weighted by molar-refractivity contribution is 0.239. The summed E-state index contributed by atoms with van der Waals surface area (Å²) in [4.78, 5) is 4.12. The van der Waals surface area contributed by atoms with Gasteiger partial charge in [0.25, 0.3) is 0 Å². The second kappa shape index (κ2) is 9.05. The molecule has 0 aliphatic carbocycles. The van der Waals surface area contributed by atoms with Crippen LogP contribution in [0.1, 0.15) is 25.8 Å². The highest BCUT2D eigenvalue weighted by Crippen LogP contribution is 2.19. The number of para-hydroxylation sites is 1. The molecule has 1 N–H and O–H groups in total. The van der Waals surface area contributed by atoms with Crippen molar-refractivity contribution in [2.45, 2.75) is 32.9 Å². The molecule has 0 bridgehead atoms. The Balaban J connectivity index is 1.66. The van der Waals surface area contributed by atoms with Crippen molar-refractivity contribution in [3.05, 3.63) is 54.2 Å². The number of hydrogen-bond acceptors (Lipinski definition) is 4. The molecule has 118 valence electrons. The largest absolute Gasteiger partial charge is 0.491 e. The van der Waals surface area contributed by atoms with Gasteiger partial charge >= 0.3 is 0 Å². The Morgan fingerprint density at radius 3 is 2.68 bits per heavy atom. The molecule has 1 aromatic carbocycles. The minimum atomic E-state index is 0.188. The van der Waals surface area contributed by atoms with Crippen molar-refractivity contribution < 1.29 is 9.47 Å². The summed E-state index contributed by atoms with van der Waals surface area (Å²) >= 11 is 0. The molecule has 0 radical (unpaired) electrons. The standard InChI is InChI=1S/C18H24N2O2/c1-15(2)22-17-9-4-3-8-16(17)14-19-11-7-13-21-18-10-5-6-12-20-18/h3-6,8-10,12,15,19H,7,11,13-14H2,1-2H3. The van der Waals surface area contributed by atoms with Crippen LogP contribution in [0.5, 0.6) is 11.6 Å². The molecule has 0 saturated carbocycles. The van der Waals surface area contributed by atoms with E-state index in [9.17, 15) is 0 Å². The van der Waals surface area contributed by atoms with E-state index < -0.39 is 0 Å². The molecule has 2 aromatic rings. The second-order valence-corrected chi connectivity index (χ2v) is 5.32. The Morgan fingerprint density at radius 2 is 1.91 bits per heavy atom. The van der Waals surface area contributed by atoms with Gasteiger partial charge in [-0.05, 0) is 38.9 Å². The molecule has 4 heteroatoms. The van der Waals surface area contributed by atoms with E-state index in [1.807, 2.05) is 50.2 Å². The van der Waals surface area contributed by atoms with Gasteiger partial charge in [-0.15, -0.1) is 0 Å². The SMILES string of the molecule is CC(C)Oc1ccccc1CNCCCOc1ccccn1. The summed E-state index contributed by atoms with van der Waals surface area (Å²) in [6.45, 7) is 6.43. The lowest BCUT2D eigenvalue weighted by Gasteiger charge is -2.14. The maximum absolute atomic E-state index is 5.81. The van der Waals surface area contributed by atoms with Crippen LogP contribution in [0, 0.1) is 0 Å². The van der Waals surface area contributed by atoms with E-state index in [1.165, 1.54) is 5.56 Å². The van der Waals surface area contributed by atoms with Crippen molar-refractivity contribution in [2.75, 3.05) is 13.2 Å². The Hall–Kier alpha value is -2.07. The van der Waals surface area contributed by atoms with Gasteiger partial charge in [-0.2, -0.15) is 0 Å². The summed E-state index contributed by atoms with van der Waals surface area (Å²) in [5.41, 5.74) is 1.18. The fourth-order valence-electron chi connectivity index (χ4n) is 2.05. The number of pyridine rings is 1. The third-order valence-electron chi connectivity index (χ3n) is 3.04. The summed E-state index contributed by atoms with van der Waals surface area (Å²) in [6.07, 6.45) is 2.86. The minimum absolute atomic E-state index is 0.188. The zero-order valence-corrected chi connectivity index (χ0v) is 13.3. The number of benzene rings is 1. The van der Waals surface area contributed by atoms with Crippen LogP contribution < -0.4 is 14.8 Å². The van der Waals surface area contributed by atoms with Crippen LogP contribution in [0.25, 0.3) is 0 Å². The molecule has 0 fully saturated rings. The number of ether oxygens (including phenoxy) is 2. The van der Waals surface area contributed by atoms with Crippen molar-refractivity contribution in [1.29, 1.82) is 0 Å². The minimum Gasteiger partial charge on any atom is -0.491 e. The predicted octanol–water partition coefficient (Wildman–Crippen LogP) is 3.43. The highest BCUT2D eigenvalue weighted by molar-refractivity contribution is 5.33. The van der Waals surface area contributed by atoms with Crippen LogP contribution in [0.3, 0.4) is 0 Å². The number of hydrogen-bond donors (Lipinski definition) is 1. The van der Waals surface area contributed by atoms with Crippen LogP contribution in [0.15, 0.2) is 48.7 Å². The summed E-state index contributed by atoms with van der Waals surface area (Å²) in [5.74, 6) is 1.63. The second-order valence-electron chi connectivity index (χ2n) is 5.32. The molecule has 0 aliphatic heterocycles. The zero-order chi connectivity index (χ0) is 15.6. The number of nitrogens with zero attached hydrogens (tertiary/aromatic N) is 1. The molecule has 4 nitrogen and oxygen atoms in total. The molecule has 1 aromatic heterocycles. The Morgan fingerprint density at radius 1 is 1.09 bits per heavy atom. The van der Waals surface area contributed by atoms with Gasteiger partial charge in [0.1, 0.15) is 5.75 Å². The first-order valence-electron chi connectivity index (χ1n) is 7.75. The van der Waals surface area contributed by atoms with Crippen LogP contribution in [-0.2, 0) is 6.54 Å². The smallest absolute Gasteiger partial charge is 0.213 e.